The Bertz CT molecular complexity index is 1110. The van der Waals surface area contributed by atoms with Crippen LogP contribution in [0.4, 0.5) is 32.3 Å². The van der Waals surface area contributed by atoms with Crippen LogP contribution in [0.3, 0.4) is 0 Å². The number of anilines is 1. The third-order valence-electron chi connectivity index (χ3n) is 5.07. The Hall–Kier alpha value is -2.93. The van der Waals surface area contributed by atoms with Crippen molar-refractivity contribution < 1.29 is 36.2 Å². The largest absolute Gasteiger partial charge is 0.416 e. The van der Waals surface area contributed by atoms with E-state index in [1.807, 2.05) is 0 Å². The lowest BCUT2D eigenvalue weighted by Gasteiger charge is -2.28. The zero-order valence-electron chi connectivity index (χ0n) is 16.3. The number of aliphatic hydroxyl groups is 1. The zero-order chi connectivity index (χ0) is 23.1. The molecule has 1 fully saturated rings. The molecule has 32 heavy (non-hydrogen) atoms. The van der Waals surface area contributed by atoms with Crippen LogP contribution >= 0.6 is 0 Å². The fourth-order valence-corrected chi connectivity index (χ4v) is 3.55. The second kappa shape index (κ2) is 8.20. The number of hydrogen-bond acceptors (Lipinski definition) is 6. The van der Waals surface area contributed by atoms with Crippen molar-refractivity contribution in [1.29, 1.82) is 0 Å². The number of halogens is 6. The number of nitrogens with one attached hydrogen (secondary N) is 1. The van der Waals surface area contributed by atoms with Gasteiger partial charge in [-0.3, -0.25) is 4.40 Å². The van der Waals surface area contributed by atoms with E-state index in [1.165, 1.54) is 16.9 Å². The molecule has 0 unspecified atom stereocenters. The van der Waals surface area contributed by atoms with E-state index < -0.39 is 42.0 Å². The third kappa shape index (κ3) is 4.63. The topological polar surface area (TPSA) is 84.6 Å². The summed E-state index contributed by atoms with van der Waals surface area (Å²) in [5.74, 6) is 0.177. The number of fused-ring (bicyclic) bond motifs is 1. The highest BCUT2D eigenvalue weighted by molar-refractivity contribution is 5.79. The van der Waals surface area contributed by atoms with Crippen LogP contribution in [0.2, 0.25) is 0 Å². The number of benzene rings is 1. The molecule has 1 saturated heterocycles. The number of ether oxygens (including phenoxy) is 1. The molecule has 0 bridgehead atoms. The lowest BCUT2D eigenvalue weighted by Crippen LogP contribution is -2.42. The van der Waals surface area contributed by atoms with Gasteiger partial charge in [-0.1, -0.05) is 6.07 Å². The molecule has 1 aromatic carbocycles. The molecule has 13 heteroatoms. The lowest BCUT2D eigenvalue weighted by molar-refractivity contribution is -0.138. The molecule has 2 atom stereocenters. The van der Waals surface area contributed by atoms with Crippen LogP contribution in [0.5, 0.6) is 0 Å². The van der Waals surface area contributed by atoms with Crippen LogP contribution in [0.1, 0.15) is 17.5 Å². The van der Waals surface area contributed by atoms with Gasteiger partial charge in [0.1, 0.15) is 12.0 Å². The number of aliphatic hydroxyl groups excluding tert-OH is 1. The molecule has 0 amide bonds. The monoisotopic (exact) mass is 461 g/mol. The number of aromatic nitrogens is 4. The zero-order valence-corrected chi connectivity index (χ0v) is 16.3. The molecule has 1 aliphatic rings. The van der Waals surface area contributed by atoms with Gasteiger partial charge < -0.3 is 15.2 Å². The lowest BCUT2D eigenvalue weighted by atomic mass is 9.98. The van der Waals surface area contributed by atoms with Crippen LogP contribution in [-0.2, 0) is 17.3 Å². The minimum absolute atomic E-state index is 0.0476. The predicted octanol–water partition coefficient (Wildman–Crippen LogP) is 3.48. The van der Waals surface area contributed by atoms with Gasteiger partial charge in [-0.2, -0.15) is 26.3 Å². The molecule has 2 N–H and O–H groups in total. The molecule has 172 valence electrons. The van der Waals surface area contributed by atoms with Gasteiger partial charge in [-0.05, 0) is 24.1 Å². The molecule has 1 aliphatic heterocycles. The van der Waals surface area contributed by atoms with Gasteiger partial charge in [0.05, 0.1) is 42.5 Å². The summed E-state index contributed by atoms with van der Waals surface area (Å²) >= 11 is 0. The maximum Gasteiger partial charge on any atom is 0.416 e. The van der Waals surface area contributed by atoms with Gasteiger partial charge in [0.15, 0.2) is 0 Å². The second-order valence-electron chi connectivity index (χ2n) is 7.36. The first-order chi connectivity index (χ1) is 15.0. The molecule has 7 nitrogen and oxygen atoms in total. The summed E-state index contributed by atoms with van der Waals surface area (Å²) in [6.07, 6.45) is -8.76. The molecular weight excluding hydrogens is 444 g/mol. The van der Waals surface area contributed by atoms with Crippen molar-refractivity contribution in [3.63, 3.8) is 0 Å². The molecule has 4 rings (SSSR count). The summed E-state index contributed by atoms with van der Waals surface area (Å²) in [6.45, 7) is 0.544. The molecular formula is C19H17F6N5O2. The van der Waals surface area contributed by atoms with Crippen LogP contribution in [0.25, 0.3) is 16.8 Å². The van der Waals surface area contributed by atoms with Gasteiger partial charge in [-0.15, -0.1) is 10.2 Å². The van der Waals surface area contributed by atoms with E-state index >= 15 is 0 Å². The standard InChI is InChI=1S/C19H17F6N5O2/c20-18(21,22)6-10-5-11(19(23,24)25)1-2-12(10)16-14-7-26-9-30(14)17(29-28-16)27-13-3-4-32-8-15(13)31/h1-2,5,7,9,13,15,31H,3-4,6,8H2,(H,27,29)/t13-,15-/m1/s1. The molecule has 0 radical (unpaired) electrons. The van der Waals surface area contributed by atoms with Gasteiger partial charge >= 0.3 is 12.4 Å². The summed E-state index contributed by atoms with van der Waals surface area (Å²) in [5.41, 5.74) is -1.71. The maximum atomic E-state index is 13.1. The number of alkyl halides is 6. The van der Waals surface area contributed by atoms with Crippen molar-refractivity contribution in [3.8, 4) is 11.3 Å². The van der Waals surface area contributed by atoms with Crippen LogP contribution in [-0.4, -0.2) is 56.2 Å². The van der Waals surface area contributed by atoms with Gasteiger partial charge in [-0.25, -0.2) is 4.98 Å². The minimum atomic E-state index is -4.80. The first kappa shape index (κ1) is 22.3. The highest BCUT2D eigenvalue weighted by Crippen LogP contribution is 2.36. The van der Waals surface area contributed by atoms with E-state index in [0.29, 0.717) is 25.2 Å². The highest BCUT2D eigenvalue weighted by atomic mass is 19.4. The van der Waals surface area contributed by atoms with E-state index in [1.54, 1.807) is 0 Å². The number of imidazole rings is 1. The summed E-state index contributed by atoms with van der Waals surface area (Å²) in [4.78, 5) is 3.97. The Morgan fingerprint density at radius 1 is 1.16 bits per heavy atom. The highest BCUT2D eigenvalue weighted by Gasteiger charge is 2.35. The third-order valence-corrected chi connectivity index (χ3v) is 5.07. The van der Waals surface area contributed by atoms with Gasteiger partial charge in [0.2, 0.25) is 5.95 Å². The number of hydrogen-bond donors (Lipinski definition) is 2. The van der Waals surface area contributed by atoms with E-state index in [-0.39, 0.29) is 29.3 Å². The molecule has 3 heterocycles. The molecule has 0 saturated carbocycles. The van der Waals surface area contributed by atoms with E-state index in [0.717, 1.165) is 6.07 Å². The summed E-state index contributed by atoms with van der Waals surface area (Å²) in [7, 11) is 0. The predicted molar refractivity (Wildman–Crippen MR) is 99.8 cm³/mol. The molecule has 0 spiro atoms. The first-order valence-electron chi connectivity index (χ1n) is 9.51. The Kier molecular flexibility index (Phi) is 5.71. The second-order valence-corrected chi connectivity index (χ2v) is 7.36. The van der Waals surface area contributed by atoms with Crippen LogP contribution in [0, 0.1) is 0 Å². The maximum absolute atomic E-state index is 13.1. The van der Waals surface area contributed by atoms with Crippen molar-refractivity contribution in [1.82, 2.24) is 19.6 Å². The first-order valence-corrected chi connectivity index (χ1v) is 9.51. The minimum Gasteiger partial charge on any atom is -0.389 e. The van der Waals surface area contributed by atoms with Crippen molar-refractivity contribution in [2.24, 2.45) is 0 Å². The normalized spacial score (nSPS) is 20.0. The average Bonchev–Trinajstić information content (AvgIpc) is 3.19. The van der Waals surface area contributed by atoms with Crippen molar-refractivity contribution in [3.05, 3.63) is 41.9 Å². The number of rotatable bonds is 4. The van der Waals surface area contributed by atoms with Crippen molar-refractivity contribution in [2.75, 3.05) is 18.5 Å². The molecule has 3 aromatic rings. The summed E-state index contributed by atoms with van der Waals surface area (Å²) in [5, 5.41) is 21.1. The molecule has 2 aromatic heterocycles. The van der Waals surface area contributed by atoms with Crippen LogP contribution in [0.15, 0.2) is 30.7 Å². The van der Waals surface area contributed by atoms with Crippen molar-refractivity contribution >= 4 is 11.5 Å². The fourth-order valence-electron chi connectivity index (χ4n) is 3.55. The van der Waals surface area contributed by atoms with E-state index in [2.05, 4.69) is 20.5 Å². The molecule has 0 aliphatic carbocycles. The summed E-state index contributed by atoms with van der Waals surface area (Å²) < 4.78 is 85.1. The summed E-state index contributed by atoms with van der Waals surface area (Å²) in [6, 6.07) is 1.73. The number of nitrogens with zero attached hydrogens (tertiary/aromatic N) is 4. The van der Waals surface area contributed by atoms with Gasteiger partial charge in [0.25, 0.3) is 0 Å². The van der Waals surface area contributed by atoms with Crippen LogP contribution < -0.4 is 5.32 Å². The Morgan fingerprint density at radius 3 is 2.62 bits per heavy atom. The SMILES string of the molecule is O[C@@H]1COCC[C@H]1Nc1nnc(-c2ccc(C(F)(F)F)cc2CC(F)(F)F)c2cncn12. The Labute approximate surface area is 177 Å². The Morgan fingerprint density at radius 2 is 1.94 bits per heavy atom. The van der Waals surface area contributed by atoms with E-state index in [4.69, 9.17) is 4.74 Å². The van der Waals surface area contributed by atoms with E-state index in [9.17, 15) is 31.4 Å². The average molecular weight is 461 g/mol. The van der Waals surface area contributed by atoms with Crippen molar-refractivity contribution in [2.45, 2.75) is 37.3 Å². The smallest absolute Gasteiger partial charge is 0.389 e. The quantitative estimate of drug-likeness (QED) is 0.579. The Balaban J connectivity index is 1.77. The fraction of sp³-hybridized carbons (Fsp3) is 0.421. The van der Waals surface area contributed by atoms with Gasteiger partial charge in [0, 0.05) is 12.2 Å².